The van der Waals surface area contributed by atoms with Crippen LogP contribution in [0.2, 0.25) is 0 Å². The van der Waals surface area contributed by atoms with Gasteiger partial charge in [0.25, 0.3) is 0 Å². The van der Waals surface area contributed by atoms with Crippen LogP contribution in [0, 0.1) is 0 Å². The number of fused-ring (bicyclic) bond motifs is 1. The van der Waals surface area contributed by atoms with E-state index >= 15 is 0 Å². The second kappa shape index (κ2) is 5.48. The van der Waals surface area contributed by atoms with Gasteiger partial charge in [0.1, 0.15) is 5.82 Å². The lowest BCUT2D eigenvalue weighted by atomic mass is 10.1. The summed E-state index contributed by atoms with van der Waals surface area (Å²) in [6.45, 7) is 2.06. The molecule has 0 saturated heterocycles. The van der Waals surface area contributed by atoms with Crippen LogP contribution < -0.4 is 0 Å². The Hall–Kier alpha value is -1.88. The first kappa shape index (κ1) is 14.1. The predicted octanol–water partition coefficient (Wildman–Crippen LogP) is 3.04. The number of ether oxygens (including phenoxy) is 1. The third-order valence-electron chi connectivity index (χ3n) is 4.39. The van der Waals surface area contributed by atoms with Gasteiger partial charge in [-0.3, -0.25) is 0 Å². The van der Waals surface area contributed by atoms with Crippen LogP contribution in [0.25, 0.3) is 11.0 Å². The molecule has 0 radical (unpaired) electrons. The fourth-order valence-electron chi connectivity index (χ4n) is 3.38. The van der Waals surface area contributed by atoms with Crippen molar-refractivity contribution >= 4 is 17.0 Å². The maximum absolute atomic E-state index is 11.5. The van der Waals surface area contributed by atoms with Crippen molar-refractivity contribution < 1.29 is 14.6 Å². The molecule has 0 amide bonds. The monoisotopic (exact) mass is 288 g/mol. The Balaban J connectivity index is 2.17. The molecule has 2 aromatic rings. The standard InChI is InChI=1S/C16H20N2O3/c1-3-14-17-13-6-4-5-12(16(19)20)15(13)18(14)10-7-8-11(9-10)21-2/h4-6,10-11H,3,7-9H2,1-2H3,(H,19,20). The summed E-state index contributed by atoms with van der Waals surface area (Å²) in [6.07, 6.45) is 3.99. The molecule has 1 aromatic carbocycles. The molecule has 1 aliphatic rings. The van der Waals surface area contributed by atoms with Gasteiger partial charge in [0, 0.05) is 19.6 Å². The molecular weight excluding hydrogens is 268 g/mol. The summed E-state index contributed by atoms with van der Waals surface area (Å²) in [5, 5.41) is 9.46. The Labute approximate surface area is 123 Å². The molecule has 2 unspecified atom stereocenters. The van der Waals surface area contributed by atoms with E-state index in [1.165, 1.54) is 0 Å². The molecule has 1 fully saturated rings. The molecule has 3 rings (SSSR count). The van der Waals surface area contributed by atoms with Gasteiger partial charge in [-0.15, -0.1) is 0 Å². The predicted molar refractivity (Wildman–Crippen MR) is 79.8 cm³/mol. The summed E-state index contributed by atoms with van der Waals surface area (Å²) in [4.78, 5) is 16.2. The minimum atomic E-state index is -0.898. The first-order valence-electron chi connectivity index (χ1n) is 7.41. The zero-order valence-corrected chi connectivity index (χ0v) is 12.4. The zero-order chi connectivity index (χ0) is 15.0. The van der Waals surface area contributed by atoms with Crippen molar-refractivity contribution in [1.29, 1.82) is 0 Å². The fourth-order valence-corrected chi connectivity index (χ4v) is 3.38. The van der Waals surface area contributed by atoms with E-state index in [4.69, 9.17) is 4.74 Å². The lowest BCUT2D eigenvalue weighted by Crippen LogP contribution is -2.13. The van der Waals surface area contributed by atoms with E-state index in [1.807, 2.05) is 6.07 Å². The zero-order valence-electron chi connectivity index (χ0n) is 12.4. The van der Waals surface area contributed by atoms with Crippen LogP contribution >= 0.6 is 0 Å². The van der Waals surface area contributed by atoms with Crippen molar-refractivity contribution in [3.63, 3.8) is 0 Å². The van der Waals surface area contributed by atoms with E-state index in [9.17, 15) is 9.90 Å². The largest absolute Gasteiger partial charge is 0.478 e. The van der Waals surface area contributed by atoms with Crippen LogP contribution in [0.15, 0.2) is 18.2 Å². The molecule has 112 valence electrons. The van der Waals surface area contributed by atoms with Crippen LogP contribution in [0.5, 0.6) is 0 Å². The third-order valence-corrected chi connectivity index (χ3v) is 4.39. The van der Waals surface area contributed by atoms with Gasteiger partial charge in [0.15, 0.2) is 0 Å². The van der Waals surface area contributed by atoms with Gasteiger partial charge in [0.2, 0.25) is 0 Å². The quantitative estimate of drug-likeness (QED) is 0.939. The molecule has 2 atom stereocenters. The highest BCUT2D eigenvalue weighted by Gasteiger charge is 2.29. The summed E-state index contributed by atoms with van der Waals surface area (Å²) in [5.74, 6) is 0.0612. The molecule has 1 N–H and O–H groups in total. The topological polar surface area (TPSA) is 64.3 Å². The molecule has 1 saturated carbocycles. The summed E-state index contributed by atoms with van der Waals surface area (Å²) in [5.41, 5.74) is 1.86. The number of imidazole rings is 1. The van der Waals surface area contributed by atoms with Crippen molar-refractivity contribution in [3.05, 3.63) is 29.6 Å². The Morgan fingerprint density at radius 2 is 2.29 bits per heavy atom. The van der Waals surface area contributed by atoms with Crippen LogP contribution in [0.1, 0.15) is 48.4 Å². The van der Waals surface area contributed by atoms with Crippen molar-refractivity contribution in [2.24, 2.45) is 0 Å². The Morgan fingerprint density at radius 3 is 2.90 bits per heavy atom. The van der Waals surface area contributed by atoms with E-state index in [-0.39, 0.29) is 12.1 Å². The van der Waals surface area contributed by atoms with Crippen molar-refractivity contribution in [2.75, 3.05) is 7.11 Å². The Kier molecular flexibility index (Phi) is 3.68. The highest BCUT2D eigenvalue weighted by molar-refractivity contribution is 6.01. The smallest absolute Gasteiger partial charge is 0.337 e. The van der Waals surface area contributed by atoms with E-state index in [0.29, 0.717) is 5.56 Å². The second-order valence-electron chi connectivity index (χ2n) is 5.55. The van der Waals surface area contributed by atoms with Crippen LogP contribution in [-0.2, 0) is 11.2 Å². The van der Waals surface area contributed by atoms with Gasteiger partial charge in [0.05, 0.1) is 22.7 Å². The number of carboxylic acid groups (broad SMARTS) is 1. The molecule has 1 aromatic heterocycles. The number of aromatic carboxylic acids is 1. The highest BCUT2D eigenvalue weighted by Crippen LogP contribution is 2.36. The van der Waals surface area contributed by atoms with Crippen LogP contribution in [-0.4, -0.2) is 33.8 Å². The van der Waals surface area contributed by atoms with Crippen LogP contribution in [0.4, 0.5) is 0 Å². The molecule has 0 spiro atoms. The number of carbonyl (C=O) groups is 1. The van der Waals surface area contributed by atoms with E-state index in [2.05, 4.69) is 16.5 Å². The molecule has 0 aliphatic heterocycles. The van der Waals surface area contributed by atoms with Crippen LogP contribution in [0.3, 0.4) is 0 Å². The number of carboxylic acids is 1. The lowest BCUT2D eigenvalue weighted by Gasteiger charge is -2.17. The summed E-state index contributed by atoms with van der Waals surface area (Å²) < 4.78 is 7.59. The van der Waals surface area contributed by atoms with Crippen molar-refractivity contribution in [2.45, 2.75) is 44.8 Å². The highest BCUT2D eigenvalue weighted by atomic mass is 16.5. The number of rotatable bonds is 4. The molecule has 21 heavy (non-hydrogen) atoms. The second-order valence-corrected chi connectivity index (χ2v) is 5.55. The third kappa shape index (κ3) is 2.31. The van der Waals surface area contributed by atoms with Crippen molar-refractivity contribution in [1.82, 2.24) is 9.55 Å². The average Bonchev–Trinajstić information content (AvgIpc) is 3.09. The maximum Gasteiger partial charge on any atom is 0.337 e. The number of hydrogen-bond donors (Lipinski definition) is 1. The van der Waals surface area contributed by atoms with Gasteiger partial charge in [-0.1, -0.05) is 13.0 Å². The molecule has 5 heteroatoms. The number of benzene rings is 1. The SMILES string of the molecule is CCc1nc2cccc(C(=O)O)c2n1C1CCC(OC)C1. The van der Waals surface area contributed by atoms with E-state index < -0.39 is 5.97 Å². The average molecular weight is 288 g/mol. The minimum absolute atomic E-state index is 0.258. The number of aryl methyl sites for hydroxylation is 1. The lowest BCUT2D eigenvalue weighted by molar-refractivity contribution is 0.0698. The number of aromatic nitrogens is 2. The van der Waals surface area contributed by atoms with E-state index in [0.717, 1.165) is 42.5 Å². The minimum Gasteiger partial charge on any atom is -0.478 e. The summed E-state index contributed by atoms with van der Waals surface area (Å²) in [7, 11) is 1.74. The molecule has 5 nitrogen and oxygen atoms in total. The van der Waals surface area contributed by atoms with Crippen molar-refractivity contribution in [3.8, 4) is 0 Å². The first-order chi connectivity index (χ1) is 10.2. The summed E-state index contributed by atoms with van der Waals surface area (Å²) >= 11 is 0. The van der Waals surface area contributed by atoms with Gasteiger partial charge in [-0.25, -0.2) is 9.78 Å². The van der Waals surface area contributed by atoms with Gasteiger partial charge in [-0.05, 0) is 31.4 Å². The Morgan fingerprint density at radius 1 is 1.48 bits per heavy atom. The normalized spacial score (nSPS) is 22.0. The summed E-state index contributed by atoms with van der Waals surface area (Å²) in [6, 6.07) is 5.58. The molecule has 1 aliphatic carbocycles. The maximum atomic E-state index is 11.5. The van der Waals surface area contributed by atoms with Gasteiger partial charge < -0.3 is 14.4 Å². The number of hydrogen-bond acceptors (Lipinski definition) is 3. The molecular formula is C16H20N2O3. The molecule has 1 heterocycles. The number of para-hydroxylation sites is 1. The van der Waals surface area contributed by atoms with Gasteiger partial charge in [-0.2, -0.15) is 0 Å². The Bertz CT molecular complexity index is 677. The van der Waals surface area contributed by atoms with Gasteiger partial charge >= 0.3 is 5.97 Å². The number of nitrogens with zero attached hydrogens (tertiary/aromatic N) is 2. The molecule has 0 bridgehead atoms. The first-order valence-corrected chi connectivity index (χ1v) is 7.41. The van der Waals surface area contributed by atoms with E-state index in [1.54, 1.807) is 19.2 Å². The number of methoxy groups -OCH3 is 1. The fraction of sp³-hybridized carbons (Fsp3) is 0.500.